The van der Waals surface area contributed by atoms with Crippen LogP contribution in [0.2, 0.25) is 0 Å². The zero-order valence-corrected chi connectivity index (χ0v) is 9.72. The third kappa shape index (κ3) is 9.75. The molecule has 1 atom stereocenters. The molecule has 0 amide bonds. The Balaban J connectivity index is 3.06. The molecule has 0 aliphatic carbocycles. The number of ether oxygens (including phenoxy) is 1. The maximum absolute atomic E-state index is 4.99. The topological polar surface area (TPSA) is 21.3 Å². The summed E-state index contributed by atoms with van der Waals surface area (Å²) in [6.45, 7) is 7.98. The Labute approximate surface area is 88.7 Å². The Morgan fingerprint density at radius 3 is 2.79 bits per heavy atom. The lowest BCUT2D eigenvalue weighted by atomic mass is 10.1. The van der Waals surface area contributed by atoms with Crippen molar-refractivity contribution in [2.45, 2.75) is 45.1 Å². The van der Waals surface area contributed by atoms with Gasteiger partial charge in [-0.3, -0.25) is 0 Å². The van der Waals surface area contributed by atoms with Gasteiger partial charge < -0.3 is 10.1 Å². The van der Waals surface area contributed by atoms with Gasteiger partial charge in [-0.15, -0.1) is 6.58 Å². The number of allylic oxidation sites excluding steroid dienone is 1. The number of hydrogen-bond acceptors (Lipinski definition) is 2. The first-order valence-electron chi connectivity index (χ1n) is 5.64. The summed E-state index contributed by atoms with van der Waals surface area (Å²) in [5.41, 5.74) is 0. The lowest BCUT2D eigenvalue weighted by Crippen LogP contribution is -2.26. The van der Waals surface area contributed by atoms with Gasteiger partial charge in [-0.2, -0.15) is 0 Å². The van der Waals surface area contributed by atoms with E-state index >= 15 is 0 Å². The standard InChI is InChI=1S/C12H25NO/c1-4-5-9-12(2)13-10-7-6-8-11-14-3/h4,12-13H,1,5-11H2,2-3H3. The van der Waals surface area contributed by atoms with Gasteiger partial charge in [0.15, 0.2) is 0 Å². The second-order valence-corrected chi connectivity index (χ2v) is 3.77. The molecule has 0 rings (SSSR count). The van der Waals surface area contributed by atoms with Crippen molar-refractivity contribution in [3.05, 3.63) is 12.7 Å². The van der Waals surface area contributed by atoms with E-state index in [2.05, 4.69) is 18.8 Å². The summed E-state index contributed by atoms with van der Waals surface area (Å²) in [6, 6.07) is 0.621. The molecule has 0 aromatic heterocycles. The Bertz CT molecular complexity index is 125. The first-order chi connectivity index (χ1) is 6.81. The molecule has 0 saturated carbocycles. The van der Waals surface area contributed by atoms with Crippen molar-refractivity contribution in [2.75, 3.05) is 20.3 Å². The monoisotopic (exact) mass is 199 g/mol. The second kappa shape index (κ2) is 10.7. The second-order valence-electron chi connectivity index (χ2n) is 3.77. The van der Waals surface area contributed by atoms with Crippen LogP contribution in [0, 0.1) is 0 Å². The minimum absolute atomic E-state index is 0.621. The van der Waals surface area contributed by atoms with Crippen LogP contribution < -0.4 is 5.32 Å². The van der Waals surface area contributed by atoms with Crippen LogP contribution in [0.25, 0.3) is 0 Å². The molecule has 1 N–H and O–H groups in total. The number of rotatable bonds is 10. The highest BCUT2D eigenvalue weighted by Gasteiger charge is 1.98. The van der Waals surface area contributed by atoms with E-state index in [1.807, 2.05) is 6.08 Å². The summed E-state index contributed by atoms with van der Waals surface area (Å²) in [7, 11) is 1.76. The number of methoxy groups -OCH3 is 1. The molecule has 0 aliphatic rings. The molecule has 0 radical (unpaired) electrons. The molecule has 0 spiro atoms. The minimum atomic E-state index is 0.621. The van der Waals surface area contributed by atoms with Crippen molar-refractivity contribution in [3.63, 3.8) is 0 Å². The van der Waals surface area contributed by atoms with E-state index in [1.54, 1.807) is 7.11 Å². The molecule has 0 heterocycles. The van der Waals surface area contributed by atoms with Crippen LogP contribution >= 0.6 is 0 Å². The maximum Gasteiger partial charge on any atom is 0.0462 e. The van der Waals surface area contributed by atoms with E-state index < -0.39 is 0 Å². The molecule has 84 valence electrons. The minimum Gasteiger partial charge on any atom is -0.385 e. The molecule has 2 nitrogen and oxygen atoms in total. The number of unbranched alkanes of at least 4 members (excludes halogenated alkanes) is 2. The average Bonchev–Trinajstić information content (AvgIpc) is 2.20. The van der Waals surface area contributed by atoms with E-state index in [4.69, 9.17) is 4.74 Å². The summed E-state index contributed by atoms with van der Waals surface area (Å²) >= 11 is 0. The van der Waals surface area contributed by atoms with Crippen LogP contribution in [-0.2, 0) is 4.74 Å². The van der Waals surface area contributed by atoms with Gasteiger partial charge in [0.1, 0.15) is 0 Å². The zero-order valence-electron chi connectivity index (χ0n) is 9.72. The van der Waals surface area contributed by atoms with Crippen LogP contribution in [0.5, 0.6) is 0 Å². The fourth-order valence-corrected chi connectivity index (χ4v) is 1.37. The molecule has 0 aromatic carbocycles. The van der Waals surface area contributed by atoms with Crippen LogP contribution in [0.15, 0.2) is 12.7 Å². The van der Waals surface area contributed by atoms with E-state index in [1.165, 1.54) is 25.7 Å². The molecular weight excluding hydrogens is 174 g/mol. The first-order valence-corrected chi connectivity index (χ1v) is 5.64. The average molecular weight is 199 g/mol. The van der Waals surface area contributed by atoms with E-state index in [9.17, 15) is 0 Å². The third-order valence-electron chi connectivity index (χ3n) is 2.32. The van der Waals surface area contributed by atoms with Gasteiger partial charge in [0.05, 0.1) is 0 Å². The lowest BCUT2D eigenvalue weighted by Gasteiger charge is -2.12. The van der Waals surface area contributed by atoms with Crippen molar-refractivity contribution in [2.24, 2.45) is 0 Å². The van der Waals surface area contributed by atoms with E-state index in [0.717, 1.165) is 19.6 Å². The normalized spacial score (nSPS) is 12.7. The van der Waals surface area contributed by atoms with Gasteiger partial charge in [-0.25, -0.2) is 0 Å². The van der Waals surface area contributed by atoms with Gasteiger partial charge in [0.25, 0.3) is 0 Å². The summed E-state index contributed by atoms with van der Waals surface area (Å²) < 4.78 is 4.99. The smallest absolute Gasteiger partial charge is 0.0462 e. The van der Waals surface area contributed by atoms with E-state index in [-0.39, 0.29) is 0 Å². The predicted octanol–water partition coefficient (Wildman–Crippen LogP) is 2.75. The molecule has 0 aliphatic heterocycles. The van der Waals surface area contributed by atoms with Crippen molar-refractivity contribution in [3.8, 4) is 0 Å². The molecule has 0 fully saturated rings. The van der Waals surface area contributed by atoms with Crippen molar-refractivity contribution >= 4 is 0 Å². The van der Waals surface area contributed by atoms with Gasteiger partial charge in [-0.1, -0.05) is 6.08 Å². The molecule has 2 heteroatoms. The highest BCUT2D eigenvalue weighted by atomic mass is 16.5. The number of hydrogen-bond donors (Lipinski definition) is 1. The fraction of sp³-hybridized carbons (Fsp3) is 0.833. The van der Waals surface area contributed by atoms with Crippen LogP contribution in [0.1, 0.15) is 39.0 Å². The quantitative estimate of drug-likeness (QED) is 0.431. The Morgan fingerprint density at radius 1 is 1.36 bits per heavy atom. The molecule has 0 aromatic rings. The fourth-order valence-electron chi connectivity index (χ4n) is 1.37. The van der Waals surface area contributed by atoms with Crippen molar-refractivity contribution in [1.82, 2.24) is 5.32 Å². The molecule has 1 unspecified atom stereocenters. The van der Waals surface area contributed by atoms with Crippen molar-refractivity contribution in [1.29, 1.82) is 0 Å². The van der Waals surface area contributed by atoms with Gasteiger partial charge >= 0.3 is 0 Å². The van der Waals surface area contributed by atoms with Crippen LogP contribution in [0.3, 0.4) is 0 Å². The summed E-state index contributed by atoms with van der Waals surface area (Å²) in [5, 5.41) is 3.51. The summed E-state index contributed by atoms with van der Waals surface area (Å²) in [6.07, 6.45) is 7.98. The maximum atomic E-state index is 4.99. The van der Waals surface area contributed by atoms with Crippen LogP contribution in [-0.4, -0.2) is 26.3 Å². The largest absolute Gasteiger partial charge is 0.385 e. The molecule has 14 heavy (non-hydrogen) atoms. The molecular formula is C12H25NO. The summed E-state index contributed by atoms with van der Waals surface area (Å²) in [4.78, 5) is 0. The van der Waals surface area contributed by atoms with Crippen molar-refractivity contribution < 1.29 is 4.74 Å². The Morgan fingerprint density at radius 2 is 2.14 bits per heavy atom. The summed E-state index contributed by atoms with van der Waals surface area (Å²) in [5.74, 6) is 0. The van der Waals surface area contributed by atoms with E-state index in [0.29, 0.717) is 6.04 Å². The van der Waals surface area contributed by atoms with Crippen LogP contribution in [0.4, 0.5) is 0 Å². The SMILES string of the molecule is C=CCCC(C)NCCCCCOC. The lowest BCUT2D eigenvalue weighted by molar-refractivity contribution is 0.192. The highest BCUT2D eigenvalue weighted by Crippen LogP contribution is 1.98. The Hall–Kier alpha value is -0.340. The first kappa shape index (κ1) is 13.7. The third-order valence-corrected chi connectivity index (χ3v) is 2.32. The van der Waals surface area contributed by atoms with Gasteiger partial charge in [-0.05, 0) is 45.6 Å². The predicted molar refractivity (Wildman–Crippen MR) is 62.6 cm³/mol. The Kier molecular flexibility index (Phi) is 10.5. The number of nitrogens with one attached hydrogen (secondary N) is 1. The molecule has 0 bridgehead atoms. The highest BCUT2D eigenvalue weighted by molar-refractivity contribution is 4.70. The zero-order chi connectivity index (χ0) is 10.6. The van der Waals surface area contributed by atoms with Gasteiger partial charge in [0.2, 0.25) is 0 Å². The van der Waals surface area contributed by atoms with Gasteiger partial charge in [0, 0.05) is 19.8 Å². The molecule has 0 saturated heterocycles.